The lowest BCUT2D eigenvalue weighted by molar-refractivity contribution is 0.102. The minimum atomic E-state index is -0.161. The van der Waals surface area contributed by atoms with E-state index in [9.17, 15) is 4.79 Å². The fraction of sp³-hybridized carbons (Fsp3) is 0.0526. The Morgan fingerprint density at radius 3 is 2.64 bits per heavy atom. The maximum absolute atomic E-state index is 12.7. The third-order valence-electron chi connectivity index (χ3n) is 4.05. The van der Waals surface area contributed by atoms with Crippen molar-refractivity contribution in [1.82, 2.24) is 15.2 Å². The molecule has 0 saturated heterocycles. The number of H-pyrrole nitrogens is 2. The van der Waals surface area contributed by atoms with E-state index < -0.39 is 0 Å². The Balaban J connectivity index is 1.66. The van der Waals surface area contributed by atoms with Crippen LogP contribution in [-0.4, -0.2) is 28.2 Å². The monoisotopic (exact) mass is 332 g/mol. The van der Waals surface area contributed by atoms with E-state index in [1.54, 1.807) is 13.3 Å². The number of fused-ring (bicyclic) bond motifs is 1. The van der Waals surface area contributed by atoms with E-state index in [1.807, 2.05) is 54.6 Å². The zero-order chi connectivity index (χ0) is 17.2. The number of amides is 1. The number of nitrogens with one attached hydrogen (secondary N) is 3. The summed E-state index contributed by atoms with van der Waals surface area (Å²) < 4.78 is 5.13. The summed E-state index contributed by atoms with van der Waals surface area (Å²) in [5, 5.41) is 10.7. The summed E-state index contributed by atoms with van der Waals surface area (Å²) in [7, 11) is 1.61. The molecule has 2 heterocycles. The molecule has 0 atom stereocenters. The van der Waals surface area contributed by atoms with Gasteiger partial charge in [-0.05, 0) is 48.5 Å². The maximum Gasteiger partial charge on any atom is 0.256 e. The molecule has 0 aliphatic carbocycles. The number of carbonyl (C=O) groups is 1. The molecule has 6 nitrogen and oxygen atoms in total. The molecule has 2 aromatic heterocycles. The number of hydrogen-bond acceptors (Lipinski definition) is 3. The van der Waals surface area contributed by atoms with Gasteiger partial charge < -0.3 is 15.0 Å². The van der Waals surface area contributed by atoms with Crippen LogP contribution in [0.3, 0.4) is 0 Å². The van der Waals surface area contributed by atoms with Crippen molar-refractivity contribution in [3.63, 3.8) is 0 Å². The molecular weight excluding hydrogens is 316 g/mol. The van der Waals surface area contributed by atoms with Gasteiger partial charge >= 0.3 is 0 Å². The zero-order valence-electron chi connectivity index (χ0n) is 13.5. The normalized spacial score (nSPS) is 10.8. The van der Waals surface area contributed by atoms with Gasteiger partial charge in [-0.25, -0.2) is 0 Å². The Hall–Kier alpha value is -3.54. The van der Waals surface area contributed by atoms with Gasteiger partial charge in [0.2, 0.25) is 0 Å². The molecule has 124 valence electrons. The van der Waals surface area contributed by atoms with E-state index >= 15 is 0 Å². The number of rotatable bonds is 4. The van der Waals surface area contributed by atoms with Crippen LogP contribution in [0.1, 0.15) is 10.4 Å². The smallest absolute Gasteiger partial charge is 0.256 e. The van der Waals surface area contributed by atoms with Gasteiger partial charge in [0.15, 0.2) is 0 Å². The molecule has 3 N–H and O–H groups in total. The molecule has 4 rings (SSSR count). The molecule has 0 spiro atoms. The van der Waals surface area contributed by atoms with Crippen LogP contribution in [0.2, 0.25) is 0 Å². The molecular formula is C19H16N4O2. The van der Waals surface area contributed by atoms with Crippen LogP contribution in [0.4, 0.5) is 5.69 Å². The van der Waals surface area contributed by atoms with Crippen molar-refractivity contribution in [2.24, 2.45) is 0 Å². The van der Waals surface area contributed by atoms with E-state index in [4.69, 9.17) is 4.74 Å². The Bertz CT molecular complexity index is 1020. The highest BCUT2D eigenvalue weighted by Gasteiger charge is 2.13. The molecule has 4 aromatic rings. The second-order valence-electron chi connectivity index (χ2n) is 5.60. The molecule has 6 heteroatoms. The molecule has 2 aromatic carbocycles. The summed E-state index contributed by atoms with van der Waals surface area (Å²) in [4.78, 5) is 16.0. The number of carbonyl (C=O) groups excluding carboxylic acids is 1. The SMILES string of the molecule is COc1ccc(NC(=O)c2cccc3[nH]c(-c4ccn[nH]4)cc23)cc1. The number of hydrogen-bond donors (Lipinski definition) is 3. The minimum Gasteiger partial charge on any atom is -0.497 e. The van der Waals surface area contributed by atoms with Crippen LogP contribution in [-0.2, 0) is 0 Å². The van der Waals surface area contributed by atoms with Crippen molar-refractivity contribution in [1.29, 1.82) is 0 Å². The maximum atomic E-state index is 12.7. The fourth-order valence-electron chi connectivity index (χ4n) is 2.78. The van der Waals surface area contributed by atoms with Crippen molar-refractivity contribution >= 4 is 22.5 Å². The molecule has 0 saturated carbocycles. The first-order chi connectivity index (χ1) is 12.2. The summed E-state index contributed by atoms with van der Waals surface area (Å²) in [5.41, 5.74) is 3.98. The van der Waals surface area contributed by atoms with Gasteiger partial charge in [0, 0.05) is 28.4 Å². The summed E-state index contributed by atoms with van der Waals surface area (Å²) in [5.74, 6) is 0.584. The Labute approximate surface area is 143 Å². The Kier molecular flexibility index (Phi) is 3.70. The first-order valence-corrected chi connectivity index (χ1v) is 7.81. The van der Waals surface area contributed by atoms with Crippen LogP contribution < -0.4 is 10.1 Å². The van der Waals surface area contributed by atoms with Gasteiger partial charge in [0.25, 0.3) is 5.91 Å². The number of ether oxygens (including phenoxy) is 1. The second kappa shape index (κ2) is 6.16. The van der Waals surface area contributed by atoms with E-state index in [0.29, 0.717) is 11.3 Å². The van der Waals surface area contributed by atoms with Crippen LogP contribution in [0.25, 0.3) is 22.3 Å². The van der Waals surface area contributed by atoms with E-state index in [0.717, 1.165) is 28.0 Å². The number of aromatic amines is 2. The average Bonchev–Trinajstić information content (AvgIpc) is 3.31. The second-order valence-corrected chi connectivity index (χ2v) is 5.60. The third-order valence-corrected chi connectivity index (χ3v) is 4.05. The molecule has 0 bridgehead atoms. The zero-order valence-corrected chi connectivity index (χ0v) is 13.5. The highest BCUT2D eigenvalue weighted by molar-refractivity contribution is 6.13. The quantitative estimate of drug-likeness (QED) is 0.531. The first kappa shape index (κ1) is 15.0. The van der Waals surface area contributed by atoms with Crippen LogP contribution in [0.5, 0.6) is 5.75 Å². The van der Waals surface area contributed by atoms with E-state index in [2.05, 4.69) is 20.5 Å². The Morgan fingerprint density at radius 1 is 1.08 bits per heavy atom. The lowest BCUT2D eigenvalue weighted by Crippen LogP contribution is -2.12. The van der Waals surface area contributed by atoms with Crippen molar-refractivity contribution in [2.45, 2.75) is 0 Å². The molecule has 0 unspecified atom stereocenters. The van der Waals surface area contributed by atoms with Gasteiger partial charge in [0.1, 0.15) is 5.75 Å². The molecule has 0 radical (unpaired) electrons. The van der Waals surface area contributed by atoms with Gasteiger partial charge in [-0.2, -0.15) is 5.10 Å². The van der Waals surface area contributed by atoms with E-state index in [-0.39, 0.29) is 5.91 Å². The molecule has 1 amide bonds. The minimum absolute atomic E-state index is 0.161. The van der Waals surface area contributed by atoms with Crippen molar-refractivity contribution in [3.8, 4) is 17.1 Å². The average molecular weight is 332 g/mol. The number of aromatic nitrogens is 3. The molecule has 0 aliphatic rings. The van der Waals surface area contributed by atoms with Gasteiger partial charge in [0.05, 0.1) is 18.5 Å². The topological polar surface area (TPSA) is 82.8 Å². The molecule has 25 heavy (non-hydrogen) atoms. The standard InChI is InChI=1S/C19H16N4O2/c1-25-13-7-5-12(6-8-13)21-19(24)14-3-2-4-16-15(14)11-18(22-16)17-9-10-20-23-17/h2-11,22H,1H3,(H,20,23)(H,21,24). The highest BCUT2D eigenvalue weighted by Crippen LogP contribution is 2.26. The highest BCUT2D eigenvalue weighted by atomic mass is 16.5. The predicted molar refractivity (Wildman–Crippen MR) is 96.8 cm³/mol. The predicted octanol–water partition coefficient (Wildman–Crippen LogP) is 3.82. The number of anilines is 1. The van der Waals surface area contributed by atoms with Crippen molar-refractivity contribution in [3.05, 3.63) is 66.4 Å². The fourth-order valence-corrected chi connectivity index (χ4v) is 2.78. The number of benzene rings is 2. The molecule has 0 aliphatic heterocycles. The lowest BCUT2D eigenvalue weighted by Gasteiger charge is -2.07. The van der Waals surface area contributed by atoms with Gasteiger partial charge in [-0.1, -0.05) is 6.07 Å². The molecule has 0 fully saturated rings. The summed E-state index contributed by atoms with van der Waals surface area (Å²) in [6, 6.07) is 16.7. The van der Waals surface area contributed by atoms with Gasteiger partial charge in [-0.3, -0.25) is 9.89 Å². The number of nitrogens with zero attached hydrogens (tertiary/aromatic N) is 1. The van der Waals surface area contributed by atoms with Crippen LogP contribution in [0, 0.1) is 0 Å². The summed E-state index contributed by atoms with van der Waals surface area (Å²) in [6.45, 7) is 0. The van der Waals surface area contributed by atoms with Crippen molar-refractivity contribution in [2.75, 3.05) is 12.4 Å². The lowest BCUT2D eigenvalue weighted by atomic mass is 10.1. The summed E-state index contributed by atoms with van der Waals surface area (Å²) in [6.07, 6.45) is 1.69. The first-order valence-electron chi connectivity index (χ1n) is 7.81. The van der Waals surface area contributed by atoms with E-state index in [1.165, 1.54) is 0 Å². The Morgan fingerprint density at radius 2 is 1.92 bits per heavy atom. The van der Waals surface area contributed by atoms with Crippen LogP contribution in [0.15, 0.2) is 60.8 Å². The van der Waals surface area contributed by atoms with Crippen molar-refractivity contribution < 1.29 is 9.53 Å². The largest absolute Gasteiger partial charge is 0.497 e. The number of methoxy groups -OCH3 is 1. The third kappa shape index (κ3) is 2.85. The van der Waals surface area contributed by atoms with Crippen LogP contribution >= 0.6 is 0 Å². The summed E-state index contributed by atoms with van der Waals surface area (Å²) >= 11 is 0. The van der Waals surface area contributed by atoms with Gasteiger partial charge in [-0.15, -0.1) is 0 Å².